The van der Waals surface area contributed by atoms with E-state index in [1.807, 2.05) is 0 Å². The monoisotopic (exact) mass is 406 g/mol. The molecule has 1 fully saturated rings. The molecule has 3 atom stereocenters. The van der Waals surface area contributed by atoms with Crippen molar-refractivity contribution < 1.29 is 23.9 Å². The molecule has 0 bridgehead atoms. The standard InChI is InChI=1S/C16H14N4O5S2/c1-2-24-14(23)16(10(26)12-17-5-3-6-18-12)11(9(21)13(22)25-16)27-15-19-7-4-8-20-15/h3-8,10-11,26H,2H2,1H3. The van der Waals surface area contributed by atoms with Gasteiger partial charge in [-0.2, -0.15) is 12.6 Å². The summed E-state index contributed by atoms with van der Waals surface area (Å²) in [4.78, 5) is 53.7. The Kier molecular flexibility index (Phi) is 5.71. The van der Waals surface area contributed by atoms with Gasteiger partial charge in [-0.25, -0.2) is 29.5 Å². The minimum Gasteiger partial charge on any atom is -0.463 e. The van der Waals surface area contributed by atoms with Gasteiger partial charge in [-0.15, -0.1) is 0 Å². The molecule has 0 radical (unpaired) electrons. The Labute approximate surface area is 163 Å². The summed E-state index contributed by atoms with van der Waals surface area (Å²) in [5.41, 5.74) is -2.06. The average molecular weight is 406 g/mol. The molecule has 0 spiro atoms. The van der Waals surface area contributed by atoms with Gasteiger partial charge < -0.3 is 9.47 Å². The molecule has 140 valence electrons. The summed E-state index contributed by atoms with van der Waals surface area (Å²) in [6.07, 6.45) is 5.85. The molecule has 0 N–H and O–H groups in total. The summed E-state index contributed by atoms with van der Waals surface area (Å²) in [5.74, 6) is -2.87. The Balaban J connectivity index is 2.09. The Morgan fingerprint density at radius 3 is 2.41 bits per heavy atom. The van der Waals surface area contributed by atoms with Crippen LogP contribution in [0, 0.1) is 0 Å². The van der Waals surface area contributed by atoms with Crippen LogP contribution in [0.2, 0.25) is 0 Å². The number of esters is 2. The number of thioether (sulfide) groups is 1. The molecule has 11 heteroatoms. The van der Waals surface area contributed by atoms with E-state index in [9.17, 15) is 14.4 Å². The smallest absolute Gasteiger partial charge is 0.377 e. The van der Waals surface area contributed by atoms with E-state index in [-0.39, 0.29) is 17.6 Å². The van der Waals surface area contributed by atoms with Gasteiger partial charge in [-0.3, -0.25) is 4.79 Å². The number of hydrogen-bond acceptors (Lipinski definition) is 11. The lowest BCUT2D eigenvalue weighted by Gasteiger charge is -2.32. The third kappa shape index (κ3) is 3.52. The lowest BCUT2D eigenvalue weighted by atomic mass is 9.93. The van der Waals surface area contributed by atoms with Crippen molar-refractivity contribution in [1.29, 1.82) is 0 Å². The molecule has 1 aliphatic rings. The second kappa shape index (κ2) is 8.01. The highest BCUT2D eigenvalue weighted by Gasteiger charge is 2.66. The number of ketones is 1. The maximum absolute atomic E-state index is 12.9. The fourth-order valence-electron chi connectivity index (χ4n) is 2.50. The van der Waals surface area contributed by atoms with Crippen LogP contribution in [0.15, 0.2) is 42.1 Å². The number of carbonyl (C=O) groups excluding carboxylic acids is 3. The van der Waals surface area contributed by atoms with Crippen LogP contribution >= 0.6 is 24.4 Å². The summed E-state index contributed by atoms with van der Waals surface area (Å²) in [6.45, 7) is 1.61. The quantitative estimate of drug-likeness (QED) is 0.319. The number of ether oxygens (including phenoxy) is 2. The van der Waals surface area contributed by atoms with E-state index in [1.165, 1.54) is 24.8 Å². The molecule has 1 saturated heterocycles. The van der Waals surface area contributed by atoms with E-state index in [1.54, 1.807) is 19.1 Å². The molecular weight excluding hydrogens is 392 g/mol. The second-order valence-electron chi connectivity index (χ2n) is 5.31. The molecule has 0 aromatic carbocycles. The Bertz CT molecular complexity index is 854. The first-order valence-electron chi connectivity index (χ1n) is 7.83. The number of nitrogens with zero attached hydrogens (tertiary/aromatic N) is 4. The number of rotatable bonds is 6. The molecule has 9 nitrogen and oxygen atoms in total. The van der Waals surface area contributed by atoms with Gasteiger partial charge in [0.2, 0.25) is 5.60 Å². The molecule has 1 aliphatic heterocycles. The topological polar surface area (TPSA) is 121 Å². The van der Waals surface area contributed by atoms with Crippen molar-refractivity contribution in [1.82, 2.24) is 19.9 Å². The molecule has 3 heterocycles. The van der Waals surface area contributed by atoms with E-state index in [4.69, 9.17) is 9.47 Å². The van der Waals surface area contributed by atoms with Crippen molar-refractivity contribution in [3.8, 4) is 0 Å². The molecule has 0 amide bonds. The van der Waals surface area contributed by atoms with Gasteiger partial charge in [0.1, 0.15) is 16.3 Å². The molecule has 3 unspecified atom stereocenters. The number of thiol groups is 1. The minimum atomic E-state index is -2.06. The third-order valence-corrected chi connectivity index (χ3v) is 5.52. The maximum atomic E-state index is 12.9. The van der Waals surface area contributed by atoms with E-state index in [2.05, 4.69) is 32.6 Å². The zero-order valence-electron chi connectivity index (χ0n) is 14.0. The van der Waals surface area contributed by atoms with E-state index < -0.39 is 33.8 Å². The molecule has 0 aliphatic carbocycles. The van der Waals surface area contributed by atoms with Crippen LogP contribution in [-0.4, -0.2) is 55.1 Å². The normalized spacial score (nSPS) is 23.0. The fourth-order valence-corrected chi connectivity index (χ4v) is 4.15. The Hall–Kier alpha value is -2.53. The van der Waals surface area contributed by atoms with Crippen LogP contribution in [0.5, 0.6) is 0 Å². The zero-order chi connectivity index (χ0) is 19.4. The highest BCUT2D eigenvalue weighted by molar-refractivity contribution is 8.00. The summed E-state index contributed by atoms with van der Waals surface area (Å²) in [5, 5.41) is -2.26. The molecule has 27 heavy (non-hydrogen) atoms. The average Bonchev–Trinajstić information content (AvgIpc) is 2.95. The highest BCUT2D eigenvalue weighted by Crippen LogP contribution is 2.47. The zero-order valence-corrected chi connectivity index (χ0v) is 15.7. The van der Waals surface area contributed by atoms with Gasteiger partial charge in [0.05, 0.1) is 6.61 Å². The molecule has 2 aromatic rings. The van der Waals surface area contributed by atoms with Crippen LogP contribution in [0.25, 0.3) is 0 Å². The summed E-state index contributed by atoms with van der Waals surface area (Å²) >= 11 is 5.25. The number of hydrogen-bond donors (Lipinski definition) is 1. The lowest BCUT2D eigenvalue weighted by molar-refractivity contribution is -0.174. The van der Waals surface area contributed by atoms with Crippen LogP contribution in [0.1, 0.15) is 18.0 Å². The largest absolute Gasteiger partial charge is 0.463 e. The number of aromatic nitrogens is 4. The van der Waals surface area contributed by atoms with Crippen LogP contribution in [-0.2, 0) is 23.9 Å². The van der Waals surface area contributed by atoms with Crippen LogP contribution < -0.4 is 0 Å². The second-order valence-corrected chi connectivity index (χ2v) is 6.89. The van der Waals surface area contributed by atoms with Crippen LogP contribution in [0.4, 0.5) is 0 Å². The Morgan fingerprint density at radius 1 is 1.22 bits per heavy atom. The summed E-state index contributed by atoms with van der Waals surface area (Å²) < 4.78 is 10.4. The predicted molar refractivity (Wildman–Crippen MR) is 95.9 cm³/mol. The van der Waals surface area contributed by atoms with Crippen molar-refractivity contribution >= 4 is 42.1 Å². The van der Waals surface area contributed by atoms with Gasteiger partial charge in [-0.1, -0.05) is 11.8 Å². The summed E-state index contributed by atoms with van der Waals surface area (Å²) in [7, 11) is 0. The first-order valence-corrected chi connectivity index (χ1v) is 9.23. The molecular formula is C16H14N4O5S2. The van der Waals surface area contributed by atoms with Crippen molar-refractivity contribution in [2.24, 2.45) is 0 Å². The van der Waals surface area contributed by atoms with Crippen molar-refractivity contribution in [3.05, 3.63) is 42.7 Å². The predicted octanol–water partition coefficient (Wildman–Crippen LogP) is 0.826. The third-order valence-electron chi connectivity index (χ3n) is 3.69. The maximum Gasteiger partial charge on any atom is 0.377 e. The minimum absolute atomic E-state index is 0.0156. The fraction of sp³-hybridized carbons (Fsp3) is 0.312. The number of carbonyl (C=O) groups is 3. The molecule has 3 rings (SSSR count). The van der Waals surface area contributed by atoms with Gasteiger partial charge in [0.15, 0.2) is 5.16 Å². The highest BCUT2D eigenvalue weighted by atomic mass is 32.2. The van der Waals surface area contributed by atoms with E-state index >= 15 is 0 Å². The number of cyclic esters (lactones) is 1. The number of Topliss-reactive ketones (excluding diaryl/α,β-unsaturated/α-hetero) is 1. The van der Waals surface area contributed by atoms with Gasteiger partial charge in [-0.05, 0) is 19.1 Å². The van der Waals surface area contributed by atoms with E-state index in [0.29, 0.717) is 0 Å². The molecule has 0 saturated carbocycles. The van der Waals surface area contributed by atoms with Gasteiger partial charge in [0.25, 0.3) is 5.78 Å². The van der Waals surface area contributed by atoms with Crippen LogP contribution in [0.3, 0.4) is 0 Å². The van der Waals surface area contributed by atoms with Gasteiger partial charge >= 0.3 is 11.9 Å². The Morgan fingerprint density at radius 2 is 1.81 bits per heavy atom. The van der Waals surface area contributed by atoms with Crippen molar-refractivity contribution in [3.63, 3.8) is 0 Å². The van der Waals surface area contributed by atoms with Gasteiger partial charge in [0, 0.05) is 24.8 Å². The van der Waals surface area contributed by atoms with Crippen molar-refractivity contribution in [2.45, 2.75) is 28.2 Å². The summed E-state index contributed by atoms with van der Waals surface area (Å²) in [6, 6.07) is 3.18. The SMILES string of the molecule is CCOC(=O)C1(C(S)c2ncccn2)OC(=O)C(=O)C1Sc1ncccn1. The molecule has 2 aromatic heterocycles. The van der Waals surface area contributed by atoms with E-state index in [0.717, 1.165) is 11.8 Å². The van der Waals surface area contributed by atoms with Crippen molar-refractivity contribution in [2.75, 3.05) is 6.61 Å². The first kappa shape index (κ1) is 19.2. The first-order chi connectivity index (χ1) is 13.0. The lowest BCUT2D eigenvalue weighted by Crippen LogP contribution is -2.52.